The normalized spacial score (nSPS) is 13.5. The number of carbonyl (C=O) groups is 3. The Kier molecular flexibility index (Phi) is 31.6. The van der Waals surface area contributed by atoms with E-state index in [0.717, 1.165) is 77.0 Å². The molecule has 0 heterocycles. The number of rotatable bonds is 34. The van der Waals surface area contributed by atoms with Crippen molar-refractivity contribution in [2.45, 2.75) is 161 Å². The summed E-state index contributed by atoms with van der Waals surface area (Å²) in [5.41, 5.74) is 0. The number of carboxylic acids is 1. The first kappa shape index (κ1) is 47.3. The van der Waals surface area contributed by atoms with E-state index in [9.17, 15) is 19.5 Å². The van der Waals surface area contributed by atoms with E-state index in [2.05, 4.69) is 62.5 Å². The Hall–Kier alpha value is -2.71. The summed E-state index contributed by atoms with van der Waals surface area (Å²) in [7, 11) is 5.50. The SMILES string of the molecule is CC/C=C/C/C=C/C/C=C/C/C=C/CCCCCCCCC(=O)OCC(COCCC(C(=O)O)[N+](C)(C)C)OC(=O)CCCCCCCCC. The molecule has 0 aliphatic carbocycles. The van der Waals surface area contributed by atoms with E-state index < -0.39 is 18.1 Å². The topological polar surface area (TPSA) is 99.1 Å². The van der Waals surface area contributed by atoms with Crippen LogP contribution in [-0.4, -0.2) is 80.6 Å². The number of aliphatic carboxylic acids is 1. The van der Waals surface area contributed by atoms with E-state index in [0.29, 0.717) is 19.3 Å². The highest BCUT2D eigenvalue weighted by Crippen LogP contribution is 2.13. The van der Waals surface area contributed by atoms with E-state index in [-0.39, 0.29) is 36.2 Å². The fourth-order valence-electron chi connectivity index (χ4n) is 5.43. The van der Waals surface area contributed by atoms with E-state index in [1.807, 2.05) is 21.1 Å². The first-order valence-electron chi connectivity index (χ1n) is 19.7. The van der Waals surface area contributed by atoms with Crippen molar-refractivity contribution >= 4 is 17.9 Å². The highest BCUT2D eigenvalue weighted by Gasteiger charge is 2.31. The molecule has 0 fully saturated rings. The van der Waals surface area contributed by atoms with Gasteiger partial charge >= 0.3 is 17.9 Å². The van der Waals surface area contributed by atoms with Crippen LogP contribution in [0.25, 0.3) is 0 Å². The van der Waals surface area contributed by atoms with Gasteiger partial charge in [-0.3, -0.25) is 9.59 Å². The molecule has 0 spiro atoms. The van der Waals surface area contributed by atoms with Crippen LogP contribution >= 0.6 is 0 Å². The number of carbonyl (C=O) groups excluding carboxylic acids is 2. The van der Waals surface area contributed by atoms with E-state index in [1.165, 1.54) is 38.5 Å². The number of carboxylic acid groups (broad SMARTS) is 1. The summed E-state index contributed by atoms with van der Waals surface area (Å²) in [4.78, 5) is 36.7. The van der Waals surface area contributed by atoms with Crippen molar-refractivity contribution in [1.82, 2.24) is 0 Å². The predicted octanol–water partition coefficient (Wildman–Crippen LogP) is 10.1. The number of likely N-dealkylation sites (N-methyl/N-ethyl adjacent to an activating group) is 1. The zero-order chi connectivity index (χ0) is 37.1. The molecule has 0 saturated heterocycles. The second-order valence-corrected chi connectivity index (χ2v) is 14.2. The van der Waals surface area contributed by atoms with Crippen molar-refractivity contribution in [3.63, 3.8) is 0 Å². The molecular formula is C42H74NO7+. The lowest BCUT2D eigenvalue weighted by atomic mass is 10.1. The zero-order valence-corrected chi connectivity index (χ0v) is 32.6. The molecule has 0 bridgehead atoms. The Morgan fingerprint density at radius 3 is 1.66 bits per heavy atom. The van der Waals surface area contributed by atoms with Gasteiger partial charge in [0.1, 0.15) is 6.61 Å². The van der Waals surface area contributed by atoms with Gasteiger partial charge in [-0.15, -0.1) is 0 Å². The molecule has 0 rings (SSSR count). The van der Waals surface area contributed by atoms with Crippen molar-refractivity contribution in [2.24, 2.45) is 0 Å². The minimum atomic E-state index is -0.880. The maximum Gasteiger partial charge on any atom is 0.362 e. The van der Waals surface area contributed by atoms with Crippen LogP contribution in [-0.2, 0) is 28.6 Å². The quantitative estimate of drug-likeness (QED) is 0.0308. The Morgan fingerprint density at radius 2 is 1.12 bits per heavy atom. The smallest absolute Gasteiger partial charge is 0.362 e. The molecule has 8 nitrogen and oxygen atoms in total. The monoisotopic (exact) mass is 705 g/mol. The lowest BCUT2D eigenvalue weighted by Crippen LogP contribution is -2.50. The fourth-order valence-corrected chi connectivity index (χ4v) is 5.43. The maximum absolute atomic E-state index is 12.5. The lowest BCUT2D eigenvalue weighted by molar-refractivity contribution is -0.887. The highest BCUT2D eigenvalue weighted by molar-refractivity contribution is 5.72. The van der Waals surface area contributed by atoms with Crippen molar-refractivity contribution in [1.29, 1.82) is 0 Å². The molecule has 0 radical (unpaired) electrons. The number of ether oxygens (including phenoxy) is 3. The summed E-state index contributed by atoms with van der Waals surface area (Å²) in [6, 6.07) is -0.614. The summed E-state index contributed by atoms with van der Waals surface area (Å²) >= 11 is 0. The highest BCUT2D eigenvalue weighted by atomic mass is 16.6. The average molecular weight is 705 g/mol. The largest absolute Gasteiger partial charge is 0.477 e. The second kappa shape index (κ2) is 33.4. The van der Waals surface area contributed by atoms with Crippen LogP contribution in [0.3, 0.4) is 0 Å². The van der Waals surface area contributed by atoms with E-state index >= 15 is 0 Å². The van der Waals surface area contributed by atoms with Crippen LogP contribution in [0.15, 0.2) is 48.6 Å². The van der Waals surface area contributed by atoms with Gasteiger partial charge in [-0.1, -0.05) is 127 Å². The van der Waals surface area contributed by atoms with Crippen molar-refractivity contribution in [3.8, 4) is 0 Å². The molecule has 0 aromatic carbocycles. The van der Waals surface area contributed by atoms with Crippen LogP contribution in [0.4, 0.5) is 0 Å². The van der Waals surface area contributed by atoms with Gasteiger partial charge in [-0.25, -0.2) is 4.79 Å². The molecule has 0 aliphatic heterocycles. The van der Waals surface area contributed by atoms with E-state index in [4.69, 9.17) is 14.2 Å². The number of unbranched alkanes of at least 4 members (excludes halogenated alkanes) is 12. The van der Waals surface area contributed by atoms with Crippen LogP contribution in [0.5, 0.6) is 0 Å². The molecule has 0 aromatic rings. The van der Waals surface area contributed by atoms with Crippen LogP contribution < -0.4 is 0 Å². The molecule has 0 aromatic heterocycles. The van der Waals surface area contributed by atoms with Crippen molar-refractivity contribution in [3.05, 3.63) is 48.6 Å². The summed E-state index contributed by atoms with van der Waals surface area (Å²) in [5, 5.41) is 9.56. The van der Waals surface area contributed by atoms with Crippen LogP contribution in [0, 0.1) is 0 Å². The van der Waals surface area contributed by atoms with Gasteiger partial charge in [0.2, 0.25) is 0 Å². The number of hydrogen-bond donors (Lipinski definition) is 1. The molecule has 0 aliphatic rings. The first-order chi connectivity index (χ1) is 24.1. The number of allylic oxidation sites excluding steroid dienone is 8. The fraction of sp³-hybridized carbons (Fsp3) is 0.738. The summed E-state index contributed by atoms with van der Waals surface area (Å²) in [5.74, 6) is -1.50. The van der Waals surface area contributed by atoms with Crippen LogP contribution in [0.1, 0.15) is 149 Å². The van der Waals surface area contributed by atoms with Crippen LogP contribution in [0.2, 0.25) is 0 Å². The number of hydrogen-bond acceptors (Lipinski definition) is 6. The predicted molar refractivity (Wildman–Crippen MR) is 206 cm³/mol. The number of esters is 2. The van der Waals surface area contributed by atoms with Gasteiger partial charge in [-0.05, 0) is 51.4 Å². The summed E-state index contributed by atoms with van der Waals surface area (Å²) in [6.45, 7) is 4.54. The van der Waals surface area contributed by atoms with Gasteiger partial charge < -0.3 is 23.8 Å². The Labute approximate surface area is 306 Å². The van der Waals surface area contributed by atoms with E-state index in [1.54, 1.807) is 0 Å². The van der Waals surface area contributed by atoms with Gasteiger partial charge in [0.05, 0.1) is 34.4 Å². The maximum atomic E-state index is 12.5. The average Bonchev–Trinajstić information content (AvgIpc) is 3.06. The standard InChI is InChI=1S/C42H73NO7/c1-6-8-10-12-14-15-16-17-18-19-20-21-22-23-24-25-27-28-30-32-40(44)49-37-38(36-48-35-34-39(42(46)47)43(3,4)5)50-41(45)33-31-29-26-13-11-9-7-2/h8,10,14-15,17-18,20-21,38-39H,6-7,9,11-13,16,19,22-37H2,1-5H3/p+1/b10-8+,15-14+,18-17+,21-20+. The summed E-state index contributed by atoms with van der Waals surface area (Å²) in [6.07, 6.45) is 37.4. The molecule has 2 atom stereocenters. The lowest BCUT2D eigenvalue weighted by Gasteiger charge is -2.31. The zero-order valence-electron chi connectivity index (χ0n) is 32.6. The summed E-state index contributed by atoms with van der Waals surface area (Å²) < 4.78 is 17.1. The minimum Gasteiger partial charge on any atom is -0.477 e. The number of nitrogens with zero attached hydrogens (tertiary/aromatic N) is 1. The molecular weight excluding hydrogens is 630 g/mol. The molecule has 2 unspecified atom stereocenters. The third-order valence-electron chi connectivity index (χ3n) is 8.49. The molecule has 288 valence electrons. The molecule has 1 N–H and O–H groups in total. The Morgan fingerprint density at radius 1 is 0.620 bits per heavy atom. The molecule has 0 amide bonds. The molecule has 0 saturated carbocycles. The number of quaternary nitrogens is 1. The van der Waals surface area contributed by atoms with Gasteiger partial charge in [0, 0.05) is 19.3 Å². The van der Waals surface area contributed by atoms with Crippen molar-refractivity contribution < 1.29 is 38.2 Å². The Balaban J connectivity index is 4.29. The second-order valence-electron chi connectivity index (χ2n) is 14.2. The molecule has 50 heavy (non-hydrogen) atoms. The first-order valence-corrected chi connectivity index (χ1v) is 19.7. The molecule has 8 heteroatoms. The minimum absolute atomic E-state index is 0.0560. The van der Waals surface area contributed by atoms with Gasteiger partial charge in [0.25, 0.3) is 0 Å². The van der Waals surface area contributed by atoms with Gasteiger partial charge in [0.15, 0.2) is 12.1 Å². The Bertz CT molecular complexity index is 964. The van der Waals surface area contributed by atoms with Gasteiger partial charge in [-0.2, -0.15) is 0 Å². The third kappa shape index (κ3) is 31.3. The third-order valence-corrected chi connectivity index (χ3v) is 8.49. The van der Waals surface area contributed by atoms with Crippen molar-refractivity contribution in [2.75, 3.05) is 41.0 Å².